The van der Waals surface area contributed by atoms with Gasteiger partial charge in [0.25, 0.3) is 0 Å². The van der Waals surface area contributed by atoms with E-state index in [0.29, 0.717) is 6.42 Å². The van der Waals surface area contributed by atoms with Crippen LogP contribution in [0.1, 0.15) is 36.8 Å². The Balaban J connectivity index is 2.41. The van der Waals surface area contributed by atoms with Crippen LogP contribution in [0.5, 0.6) is 0 Å². The van der Waals surface area contributed by atoms with E-state index >= 15 is 0 Å². The molecule has 0 fully saturated rings. The zero-order valence-electron chi connectivity index (χ0n) is 9.76. The van der Waals surface area contributed by atoms with Gasteiger partial charge in [-0.25, -0.2) is 0 Å². The molecule has 0 saturated carbocycles. The summed E-state index contributed by atoms with van der Waals surface area (Å²) in [7, 11) is 0. The van der Waals surface area contributed by atoms with E-state index in [1.54, 1.807) is 13.0 Å². The van der Waals surface area contributed by atoms with Crippen LogP contribution in [0.4, 0.5) is 0 Å². The summed E-state index contributed by atoms with van der Waals surface area (Å²) in [4.78, 5) is 10.9. The molecule has 0 radical (unpaired) electrons. The molecule has 0 bridgehead atoms. The van der Waals surface area contributed by atoms with Crippen LogP contribution in [0.2, 0.25) is 0 Å². The predicted octanol–water partition coefficient (Wildman–Crippen LogP) is 2.41. The fourth-order valence-electron chi connectivity index (χ4n) is 2.37. The molecule has 1 aliphatic carbocycles. The topological polar surface area (TPSA) is 57.5 Å². The molecule has 2 rings (SSSR count). The van der Waals surface area contributed by atoms with Crippen LogP contribution < -0.4 is 0 Å². The van der Waals surface area contributed by atoms with Gasteiger partial charge >= 0.3 is 5.97 Å². The summed E-state index contributed by atoms with van der Waals surface area (Å²) in [6, 6.07) is 7.71. The normalized spacial score (nSPS) is 27.3. The molecular weight excluding hydrogens is 216 g/mol. The van der Waals surface area contributed by atoms with Crippen molar-refractivity contribution in [2.75, 3.05) is 0 Å². The zero-order chi connectivity index (χ0) is 12.5. The number of carboxylic acids is 1. The smallest absolute Gasteiger partial charge is 0.303 e. The maximum Gasteiger partial charge on any atom is 0.303 e. The highest BCUT2D eigenvalue weighted by Gasteiger charge is 2.29. The van der Waals surface area contributed by atoms with Crippen LogP contribution in [-0.4, -0.2) is 21.8 Å². The van der Waals surface area contributed by atoms with Crippen molar-refractivity contribution in [3.05, 3.63) is 41.5 Å². The summed E-state index contributed by atoms with van der Waals surface area (Å²) in [6.45, 7) is 1.71. The molecular formula is C14H16O3. The van der Waals surface area contributed by atoms with E-state index in [2.05, 4.69) is 0 Å². The first kappa shape index (κ1) is 11.9. The fourth-order valence-corrected chi connectivity index (χ4v) is 2.37. The number of hydrogen-bond acceptors (Lipinski definition) is 2. The summed E-state index contributed by atoms with van der Waals surface area (Å²) in [5.74, 6) is -0.976. The molecule has 0 aliphatic heterocycles. The number of aliphatic carboxylic acids is 1. The molecule has 3 heteroatoms. The lowest BCUT2D eigenvalue weighted by atomic mass is 9.85. The molecule has 2 unspecified atom stereocenters. The number of carboxylic acid groups (broad SMARTS) is 1. The number of benzene rings is 1. The zero-order valence-corrected chi connectivity index (χ0v) is 9.76. The molecule has 0 saturated heterocycles. The van der Waals surface area contributed by atoms with Gasteiger partial charge in [0, 0.05) is 0 Å². The van der Waals surface area contributed by atoms with Crippen LogP contribution in [0, 0.1) is 0 Å². The molecule has 0 amide bonds. The molecule has 0 spiro atoms. The Morgan fingerprint density at radius 1 is 1.47 bits per heavy atom. The summed E-state index contributed by atoms with van der Waals surface area (Å²) < 4.78 is 0. The molecule has 3 nitrogen and oxygen atoms in total. The van der Waals surface area contributed by atoms with E-state index in [4.69, 9.17) is 5.11 Å². The molecule has 0 aromatic heterocycles. The van der Waals surface area contributed by atoms with E-state index in [1.165, 1.54) is 0 Å². The second-order valence-corrected chi connectivity index (χ2v) is 4.82. The molecule has 90 valence electrons. The van der Waals surface area contributed by atoms with Crippen molar-refractivity contribution in [3.63, 3.8) is 0 Å². The van der Waals surface area contributed by atoms with Gasteiger partial charge in [-0.3, -0.25) is 4.79 Å². The average molecular weight is 232 g/mol. The summed E-state index contributed by atoms with van der Waals surface area (Å²) in [5, 5.41) is 19.1. The van der Waals surface area contributed by atoms with Gasteiger partial charge in [0.2, 0.25) is 0 Å². The number of carbonyl (C=O) groups is 1. The highest BCUT2D eigenvalue weighted by Crippen LogP contribution is 2.35. The first-order chi connectivity index (χ1) is 7.98. The molecule has 2 atom stereocenters. The van der Waals surface area contributed by atoms with Crippen LogP contribution in [0.25, 0.3) is 6.08 Å². The molecule has 1 aromatic rings. The average Bonchev–Trinajstić information content (AvgIpc) is 2.36. The van der Waals surface area contributed by atoms with Gasteiger partial charge < -0.3 is 10.2 Å². The minimum atomic E-state index is -0.945. The van der Waals surface area contributed by atoms with Gasteiger partial charge in [-0.15, -0.1) is 0 Å². The summed E-state index contributed by atoms with van der Waals surface area (Å²) in [6.07, 6.45) is 4.10. The first-order valence-electron chi connectivity index (χ1n) is 5.70. The van der Waals surface area contributed by atoms with Crippen molar-refractivity contribution in [2.24, 2.45) is 0 Å². The Hall–Kier alpha value is -1.61. The Labute approximate surface area is 100 Å². The minimum Gasteiger partial charge on any atom is -0.481 e. The lowest BCUT2D eigenvalue weighted by Crippen LogP contribution is -2.24. The van der Waals surface area contributed by atoms with Crippen LogP contribution >= 0.6 is 0 Å². The van der Waals surface area contributed by atoms with Gasteiger partial charge in [-0.2, -0.15) is 0 Å². The lowest BCUT2D eigenvalue weighted by Gasteiger charge is -2.23. The van der Waals surface area contributed by atoms with Gasteiger partial charge in [0.05, 0.1) is 12.0 Å². The molecule has 1 aromatic carbocycles. The van der Waals surface area contributed by atoms with E-state index in [-0.39, 0.29) is 12.3 Å². The Kier molecular flexibility index (Phi) is 3.03. The van der Waals surface area contributed by atoms with E-state index < -0.39 is 11.6 Å². The summed E-state index contributed by atoms with van der Waals surface area (Å²) in [5.41, 5.74) is 1.06. The standard InChI is InChI=1S/C14H16O3/c1-14(17)7-6-10-4-2-3-5-12(10)11(9-14)8-13(15)16/h2-7,11,17H,8-9H2,1H3,(H,15,16). The number of aliphatic hydroxyl groups is 1. The van der Waals surface area contributed by atoms with E-state index in [9.17, 15) is 9.90 Å². The molecule has 0 heterocycles. The summed E-state index contributed by atoms with van der Waals surface area (Å²) >= 11 is 0. The SMILES string of the molecule is CC1(O)C=Cc2ccccc2C(CC(=O)O)C1. The Bertz CT molecular complexity index is 460. The van der Waals surface area contributed by atoms with Gasteiger partial charge in [-0.1, -0.05) is 36.4 Å². The maximum absolute atomic E-state index is 10.9. The Morgan fingerprint density at radius 3 is 2.88 bits per heavy atom. The highest BCUT2D eigenvalue weighted by molar-refractivity contribution is 5.69. The molecule has 1 aliphatic rings. The molecule has 2 N–H and O–H groups in total. The third kappa shape index (κ3) is 2.74. The number of rotatable bonds is 2. The second-order valence-electron chi connectivity index (χ2n) is 4.82. The van der Waals surface area contributed by atoms with Crippen LogP contribution in [0.15, 0.2) is 30.3 Å². The largest absolute Gasteiger partial charge is 0.481 e. The van der Waals surface area contributed by atoms with Crippen molar-refractivity contribution in [3.8, 4) is 0 Å². The highest BCUT2D eigenvalue weighted by atomic mass is 16.4. The van der Waals surface area contributed by atoms with Crippen molar-refractivity contribution >= 4 is 12.0 Å². The van der Waals surface area contributed by atoms with Crippen molar-refractivity contribution in [1.29, 1.82) is 0 Å². The van der Waals surface area contributed by atoms with E-state index in [0.717, 1.165) is 11.1 Å². The first-order valence-corrected chi connectivity index (χ1v) is 5.70. The maximum atomic E-state index is 10.9. The third-order valence-electron chi connectivity index (χ3n) is 3.14. The van der Waals surface area contributed by atoms with Gasteiger partial charge in [0.1, 0.15) is 0 Å². The quantitative estimate of drug-likeness (QED) is 0.823. The Morgan fingerprint density at radius 2 is 2.18 bits per heavy atom. The van der Waals surface area contributed by atoms with Crippen LogP contribution in [-0.2, 0) is 4.79 Å². The second kappa shape index (κ2) is 4.34. The minimum absolute atomic E-state index is 0.0504. The van der Waals surface area contributed by atoms with Crippen molar-refractivity contribution in [1.82, 2.24) is 0 Å². The molecule has 17 heavy (non-hydrogen) atoms. The van der Waals surface area contributed by atoms with Crippen molar-refractivity contribution in [2.45, 2.75) is 31.3 Å². The van der Waals surface area contributed by atoms with Gasteiger partial charge in [-0.05, 0) is 30.4 Å². The van der Waals surface area contributed by atoms with Gasteiger partial charge in [0.15, 0.2) is 0 Å². The van der Waals surface area contributed by atoms with E-state index in [1.807, 2.05) is 30.3 Å². The number of fused-ring (bicyclic) bond motifs is 1. The third-order valence-corrected chi connectivity index (χ3v) is 3.14. The lowest BCUT2D eigenvalue weighted by molar-refractivity contribution is -0.137. The monoisotopic (exact) mass is 232 g/mol. The fraction of sp³-hybridized carbons (Fsp3) is 0.357. The number of hydrogen-bond donors (Lipinski definition) is 2. The van der Waals surface area contributed by atoms with Crippen molar-refractivity contribution < 1.29 is 15.0 Å². The van der Waals surface area contributed by atoms with Crippen LogP contribution in [0.3, 0.4) is 0 Å². The predicted molar refractivity (Wildman–Crippen MR) is 65.7 cm³/mol.